The predicted molar refractivity (Wildman–Crippen MR) is 97.4 cm³/mol. The lowest BCUT2D eigenvalue weighted by Crippen LogP contribution is -1.98. The molecule has 0 fully saturated rings. The summed E-state index contributed by atoms with van der Waals surface area (Å²) >= 11 is 3.56. The second-order valence-corrected chi connectivity index (χ2v) is 6.67. The van der Waals surface area contributed by atoms with Crippen LogP contribution in [0.5, 0.6) is 0 Å². The van der Waals surface area contributed by atoms with Crippen LogP contribution >= 0.6 is 15.9 Å². The summed E-state index contributed by atoms with van der Waals surface area (Å²) in [7, 11) is 0. The van der Waals surface area contributed by atoms with Crippen LogP contribution in [0.4, 0.5) is 0 Å². The molecule has 0 radical (unpaired) electrons. The molecule has 0 saturated carbocycles. The van der Waals surface area contributed by atoms with E-state index in [0.717, 1.165) is 10.9 Å². The van der Waals surface area contributed by atoms with E-state index in [9.17, 15) is 0 Å². The van der Waals surface area contributed by atoms with Crippen molar-refractivity contribution < 1.29 is 0 Å². The number of hydrogen-bond acceptors (Lipinski definition) is 0. The van der Waals surface area contributed by atoms with Gasteiger partial charge >= 0.3 is 0 Å². The largest absolute Gasteiger partial charge is 0.0885 e. The Labute approximate surface area is 135 Å². The summed E-state index contributed by atoms with van der Waals surface area (Å²) in [6.45, 7) is 13.2. The average Bonchev–Trinajstić information content (AvgIpc) is 2.40. The van der Waals surface area contributed by atoms with Crippen molar-refractivity contribution in [2.45, 2.75) is 85.5 Å². The average molecular weight is 341 g/mol. The lowest BCUT2D eigenvalue weighted by molar-refractivity contribution is 0.791. The summed E-state index contributed by atoms with van der Waals surface area (Å²) in [5, 5.41) is 0. The lowest BCUT2D eigenvalue weighted by Gasteiger charge is -2.18. The maximum absolute atomic E-state index is 4.05. The molecule has 116 valence electrons. The van der Waals surface area contributed by atoms with Crippen molar-refractivity contribution in [2.75, 3.05) is 0 Å². The van der Waals surface area contributed by atoms with E-state index in [2.05, 4.69) is 56.3 Å². The van der Waals surface area contributed by atoms with E-state index < -0.39 is 0 Å². The third-order valence-electron chi connectivity index (χ3n) is 3.47. The SMILES string of the molecule is C=C(Br)C/C(CCC)=C(CCC)\C(=C\CCC)CCC. The van der Waals surface area contributed by atoms with E-state index in [1.165, 1.54) is 51.4 Å². The smallest absolute Gasteiger partial charge is 0.0000701 e. The zero-order valence-corrected chi connectivity index (χ0v) is 15.6. The van der Waals surface area contributed by atoms with Crippen molar-refractivity contribution in [2.24, 2.45) is 0 Å². The van der Waals surface area contributed by atoms with Crippen molar-refractivity contribution >= 4 is 15.9 Å². The van der Waals surface area contributed by atoms with Gasteiger partial charge in [-0.25, -0.2) is 0 Å². The van der Waals surface area contributed by atoms with Crippen LogP contribution in [-0.4, -0.2) is 0 Å². The first-order valence-electron chi connectivity index (χ1n) is 8.34. The fourth-order valence-corrected chi connectivity index (χ4v) is 3.00. The predicted octanol–water partition coefficient (Wildman–Crippen LogP) is 7.71. The highest BCUT2D eigenvalue weighted by Crippen LogP contribution is 2.31. The van der Waals surface area contributed by atoms with Gasteiger partial charge in [0.1, 0.15) is 0 Å². The Hall–Kier alpha value is -0.300. The van der Waals surface area contributed by atoms with Crippen molar-refractivity contribution in [3.63, 3.8) is 0 Å². The van der Waals surface area contributed by atoms with Gasteiger partial charge < -0.3 is 0 Å². The summed E-state index contributed by atoms with van der Waals surface area (Å²) < 4.78 is 1.11. The van der Waals surface area contributed by atoms with Crippen LogP contribution in [0.15, 0.2) is 33.9 Å². The van der Waals surface area contributed by atoms with Crippen LogP contribution in [0.2, 0.25) is 0 Å². The molecule has 0 nitrogen and oxygen atoms in total. The van der Waals surface area contributed by atoms with Crippen molar-refractivity contribution in [3.8, 4) is 0 Å². The first-order chi connectivity index (χ1) is 9.60. The summed E-state index contributed by atoms with van der Waals surface area (Å²) in [5.41, 5.74) is 4.84. The quantitative estimate of drug-likeness (QED) is 0.338. The monoisotopic (exact) mass is 340 g/mol. The Morgan fingerprint density at radius 2 is 1.50 bits per heavy atom. The Morgan fingerprint density at radius 3 is 1.95 bits per heavy atom. The molecule has 0 aromatic heterocycles. The maximum atomic E-state index is 4.05. The molecule has 0 spiro atoms. The molecule has 0 amide bonds. The van der Waals surface area contributed by atoms with E-state index in [1.54, 1.807) is 16.7 Å². The maximum Gasteiger partial charge on any atom is -0.0000701 e. The van der Waals surface area contributed by atoms with Gasteiger partial charge in [0.25, 0.3) is 0 Å². The second kappa shape index (κ2) is 12.4. The molecule has 0 aromatic rings. The van der Waals surface area contributed by atoms with Gasteiger partial charge in [-0.15, -0.1) is 0 Å². The first kappa shape index (κ1) is 19.7. The molecule has 20 heavy (non-hydrogen) atoms. The molecule has 0 aliphatic carbocycles. The normalized spacial score (nSPS) is 13.3. The lowest BCUT2D eigenvalue weighted by atomic mass is 9.88. The Bertz CT molecular complexity index is 334. The molecule has 0 saturated heterocycles. The van der Waals surface area contributed by atoms with Crippen molar-refractivity contribution in [3.05, 3.63) is 33.9 Å². The number of unbranched alkanes of at least 4 members (excludes halogenated alkanes) is 1. The van der Waals surface area contributed by atoms with E-state index >= 15 is 0 Å². The molecule has 0 atom stereocenters. The van der Waals surface area contributed by atoms with Gasteiger partial charge in [-0.2, -0.15) is 0 Å². The zero-order valence-electron chi connectivity index (χ0n) is 14.0. The Kier molecular flexibility index (Phi) is 12.3. The van der Waals surface area contributed by atoms with E-state index in [-0.39, 0.29) is 0 Å². The molecule has 0 bridgehead atoms. The standard InChI is InChI=1S/C19H33Br/c1-6-10-14-17(11-7-2)19(13-9-4)18(12-8-3)15-16(5)20/h14H,5-13,15H2,1-4H3/b17-14+,19-18-. The highest BCUT2D eigenvalue weighted by atomic mass is 79.9. The topological polar surface area (TPSA) is 0 Å². The third kappa shape index (κ3) is 8.09. The fraction of sp³-hybridized carbons (Fsp3) is 0.684. The Morgan fingerprint density at radius 1 is 0.900 bits per heavy atom. The van der Waals surface area contributed by atoms with Crippen molar-refractivity contribution in [1.82, 2.24) is 0 Å². The van der Waals surface area contributed by atoms with Gasteiger partial charge in [0.2, 0.25) is 0 Å². The molecule has 0 aliphatic heterocycles. The van der Waals surface area contributed by atoms with E-state index in [0.29, 0.717) is 0 Å². The molecular formula is C19H33Br. The molecule has 0 rings (SSSR count). The molecule has 1 heteroatoms. The van der Waals surface area contributed by atoms with Crippen LogP contribution in [0.1, 0.15) is 85.5 Å². The number of rotatable bonds is 11. The van der Waals surface area contributed by atoms with Gasteiger partial charge in [-0.3, -0.25) is 0 Å². The molecular weight excluding hydrogens is 308 g/mol. The highest BCUT2D eigenvalue weighted by molar-refractivity contribution is 9.11. The van der Waals surface area contributed by atoms with Gasteiger partial charge in [-0.05, 0) is 47.7 Å². The van der Waals surface area contributed by atoms with Crippen LogP contribution < -0.4 is 0 Å². The van der Waals surface area contributed by atoms with Gasteiger partial charge in [0.05, 0.1) is 0 Å². The number of allylic oxidation sites excluding steroid dienone is 5. The highest BCUT2D eigenvalue weighted by Gasteiger charge is 2.11. The van der Waals surface area contributed by atoms with Crippen LogP contribution in [0.3, 0.4) is 0 Å². The first-order valence-corrected chi connectivity index (χ1v) is 9.13. The minimum Gasteiger partial charge on any atom is -0.0885 e. The second-order valence-electron chi connectivity index (χ2n) is 5.54. The molecule has 0 aliphatic rings. The third-order valence-corrected chi connectivity index (χ3v) is 3.75. The van der Waals surface area contributed by atoms with Gasteiger partial charge in [0.15, 0.2) is 0 Å². The minimum atomic E-state index is 1.01. The molecule has 0 aromatic carbocycles. The summed E-state index contributed by atoms with van der Waals surface area (Å²) in [6.07, 6.45) is 13.3. The van der Waals surface area contributed by atoms with Crippen LogP contribution in [-0.2, 0) is 0 Å². The number of halogens is 1. The molecule has 0 unspecified atom stereocenters. The molecule has 0 N–H and O–H groups in total. The van der Waals surface area contributed by atoms with Crippen molar-refractivity contribution in [1.29, 1.82) is 0 Å². The molecule has 0 heterocycles. The van der Waals surface area contributed by atoms with E-state index in [4.69, 9.17) is 0 Å². The van der Waals surface area contributed by atoms with Crippen LogP contribution in [0, 0.1) is 0 Å². The minimum absolute atomic E-state index is 1.01. The Balaban J connectivity index is 5.50. The van der Waals surface area contributed by atoms with E-state index in [1.807, 2.05) is 0 Å². The van der Waals surface area contributed by atoms with Gasteiger partial charge in [-0.1, -0.05) is 87.5 Å². The zero-order chi connectivity index (χ0) is 15.4. The summed E-state index contributed by atoms with van der Waals surface area (Å²) in [4.78, 5) is 0. The fourth-order valence-electron chi connectivity index (χ4n) is 2.66. The number of hydrogen-bond donors (Lipinski definition) is 0. The summed E-state index contributed by atoms with van der Waals surface area (Å²) in [6, 6.07) is 0. The van der Waals surface area contributed by atoms with Gasteiger partial charge in [0, 0.05) is 0 Å². The summed E-state index contributed by atoms with van der Waals surface area (Å²) in [5.74, 6) is 0. The van der Waals surface area contributed by atoms with Crippen LogP contribution in [0.25, 0.3) is 0 Å².